The molecule has 1 aliphatic carbocycles. The van der Waals surface area contributed by atoms with Gasteiger partial charge in [0.15, 0.2) is 0 Å². The molecular weight excluding hydrogens is 367 g/mol. The minimum atomic E-state index is -0.687. The highest BCUT2D eigenvalue weighted by Crippen LogP contribution is 2.38. The number of halogens is 2. The molecule has 2 atom stereocenters. The number of nitrogens with one attached hydrogen (secondary N) is 1. The van der Waals surface area contributed by atoms with E-state index in [0.29, 0.717) is 22.3 Å². The average molecular weight is 387 g/mol. The number of hydrogen-bond donors (Lipinski definition) is 1. The van der Waals surface area contributed by atoms with Gasteiger partial charge in [0, 0.05) is 22.2 Å². The van der Waals surface area contributed by atoms with Crippen molar-refractivity contribution in [3.8, 4) is 0 Å². The number of amides is 3. The molecule has 24 heavy (non-hydrogen) atoms. The summed E-state index contributed by atoms with van der Waals surface area (Å²) in [6.07, 6.45) is 3.82. The smallest absolute Gasteiger partial charge is 0.323 e. The topological polar surface area (TPSA) is 49.4 Å². The van der Waals surface area contributed by atoms with E-state index in [1.807, 2.05) is 0 Å². The first-order valence-electron chi connectivity index (χ1n) is 8.16. The normalized spacial score (nSPS) is 27.0. The predicted octanol–water partition coefficient (Wildman–Crippen LogP) is 4.59. The molecule has 7 heteroatoms. The lowest BCUT2D eigenvalue weighted by Gasteiger charge is -2.36. The molecule has 0 aromatic heterocycles. The molecule has 1 spiro atoms. The lowest BCUT2D eigenvalue weighted by Crippen LogP contribution is -2.54. The van der Waals surface area contributed by atoms with E-state index >= 15 is 0 Å². The third-order valence-corrected chi connectivity index (χ3v) is 6.68. The molecule has 1 aromatic carbocycles. The minimum absolute atomic E-state index is 0.0718. The van der Waals surface area contributed by atoms with Gasteiger partial charge in [0.05, 0.1) is 5.02 Å². The van der Waals surface area contributed by atoms with Crippen LogP contribution in [0.5, 0.6) is 0 Å². The maximum atomic E-state index is 12.9. The molecule has 3 amide bonds. The van der Waals surface area contributed by atoms with Crippen molar-refractivity contribution >= 4 is 46.9 Å². The number of hydrogen-bond acceptors (Lipinski definition) is 3. The summed E-state index contributed by atoms with van der Waals surface area (Å²) >= 11 is 13.6. The maximum Gasteiger partial charge on any atom is 0.325 e. The zero-order chi connectivity index (χ0) is 17.3. The van der Waals surface area contributed by atoms with Crippen LogP contribution in [0, 0.1) is 5.92 Å². The van der Waals surface area contributed by atoms with E-state index in [4.69, 9.17) is 23.2 Å². The second-order valence-electron chi connectivity index (χ2n) is 6.43. The number of urea groups is 1. The van der Waals surface area contributed by atoms with Crippen molar-refractivity contribution in [2.24, 2.45) is 5.92 Å². The van der Waals surface area contributed by atoms with Crippen LogP contribution in [-0.4, -0.2) is 34.7 Å². The Morgan fingerprint density at radius 3 is 2.88 bits per heavy atom. The Morgan fingerprint density at radius 2 is 2.12 bits per heavy atom. The van der Waals surface area contributed by atoms with E-state index in [9.17, 15) is 9.59 Å². The molecule has 1 saturated carbocycles. The largest absolute Gasteiger partial charge is 0.325 e. The number of nitrogens with zero attached hydrogens (tertiary/aromatic N) is 1. The van der Waals surface area contributed by atoms with Gasteiger partial charge in [-0.1, -0.05) is 43.0 Å². The average Bonchev–Trinajstić information content (AvgIpc) is 2.78. The monoisotopic (exact) mass is 386 g/mol. The molecule has 2 aliphatic rings. The van der Waals surface area contributed by atoms with Crippen LogP contribution in [0.25, 0.3) is 0 Å². The Hall–Kier alpha value is -0.910. The first kappa shape index (κ1) is 17.9. The Kier molecular flexibility index (Phi) is 5.33. The molecule has 2 fully saturated rings. The highest BCUT2D eigenvalue weighted by molar-refractivity contribution is 7.99. The third-order valence-electron chi connectivity index (χ3n) is 4.97. The number of rotatable bonds is 4. The number of carbonyl (C=O) groups is 2. The fraction of sp³-hybridized carbons (Fsp3) is 0.529. The molecule has 0 bridgehead atoms. The Balaban J connectivity index is 1.64. The maximum absolute atomic E-state index is 12.9. The van der Waals surface area contributed by atoms with Gasteiger partial charge < -0.3 is 5.32 Å². The van der Waals surface area contributed by atoms with E-state index in [1.165, 1.54) is 16.7 Å². The Bertz CT molecular complexity index is 670. The molecule has 0 unspecified atom stereocenters. The van der Waals surface area contributed by atoms with Gasteiger partial charge in [-0.15, -0.1) is 11.8 Å². The van der Waals surface area contributed by atoms with Crippen molar-refractivity contribution in [1.82, 2.24) is 10.2 Å². The standard InChI is InChI=1S/C17H20Cl2N2O2S/c1-11-4-2-3-7-17(11)15(22)21(16(23)20-17)8-9-24-14-10-12(18)5-6-13(14)19/h5-6,10-11H,2-4,7-9H2,1H3,(H,20,23)/t11-,17-/m1/s1. The van der Waals surface area contributed by atoms with E-state index in [2.05, 4.69) is 12.2 Å². The summed E-state index contributed by atoms with van der Waals surface area (Å²) in [5.41, 5.74) is -0.687. The van der Waals surface area contributed by atoms with Gasteiger partial charge in [-0.25, -0.2) is 4.79 Å². The molecule has 1 heterocycles. The van der Waals surface area contributed by atoms with Crippen molar-refractivity contribution in [3.63, 3.8) is 0 Å². The SMILES string of the molecule is C[C@@H]1CCCC[C@@]12NC(=O)N(CCSc1cc(Cl)ccc1Cl)C2=O. The molecule has 1 aliphatic heterocycles. The lowest BCUT2D eigenvalue weighted by atomic mass is 9.73. The highest BCUT2D eigenvalue weighted by atomic mass is 35.5. The van der Waals surface area contributed by atoms with E-state index in [0.717, 1.165) is 30.6 Å². The molecule has 1 saturated heterocycles. The summed E-state index contributed by atoms with van der Waals surface area (Å²) in [4.78, 5) is 27.4. The third kappa shape index (κ3) is 3.26. The number of imide groups is 1. The second kappa shape index (κ2) is 7.14. The second-order valence-corrected chi connectivity index (χ2v) is 8.41. The first-order chi connectivity index (χ1) is 11.4. The fourth-order valence-corrected chi connectivity index (χ4v) is 4.96. The summed E-state index contributed by atoms with van der Waals surface area (Å²) in [7, 11) is 0. The van der Waals surface area contributed by atoms with E-state index in [1.54, 1.807) is 18.2 Å². The van der Waals surface area contributed by atoms with Gasteiger partial charge >= 0.3 is 6.03 Å². The molecule has 0 radical (unpaired) electrons. The molecule has 1 aromatic rings. The number of carbonyl (C=O) groups excluding carboxylic acids is 2. The van der Waals surface area contributed by atoms with Crippen LogP contribution in [-0.2, 0) is 4.79 Å². The Morgan fingerprint density at radius 1 is 1.33 bits per heavy atom. The predicted molar refractivity (Wildman–Crippen MR) is 97.8 cm³/mol. The van der Waals surface area contributed by atoms with Crippen LogP contribution in [0.2, 0.25) is 10.0 Å². The van der Waals surface area contributed by atoms with Gasteiger partial charge in [-0.2, -0.15) is 0 Å². The summed E-state index contributed by atoms with van der Waals surface area (Å²) in [6, 6.07) is 5.01. The summed E-state index contributed by atoms with van der Waals surface area (Å²) in [5.74, 6) is 0.698. The van der Waals surface area contributed by atoms with E-state index < -0.39 is 5.54 Å². The zero-order valence-electron chi connectivity index (χ0n) is 13.5. The lowest BCUT2D eigenvalue weighted by molar-refractivity contribution is -0.134. The summed E-state index contributed by atoms with van der Waals surface area (Å²) in [6.45, 7) is 2.42. The molecular formula is C17H20Cl2N2O2S. The highest BCUT2D eigenvalue weighted by Gasteiger charge is 2.54. The summed E-state index contributed by atoms with van der Waals surface area (Å²) < 4.78 is 0. The van der Waals surface area contributed by atoms with Gasteiger partial charge in [-0.3, -0.25) is 9.69 Å². The Labute approximate surface area is 156 Å². The van der Waals surface area contributed by atoms with Crippen LogP contribution in [0.15, 0.2) is 23.1 Å². The van der Waals surface area contributed by atoms with Crippen LogP contribution in [0.4, 0.5) is 4.79 Å². The number of thioether (sulfide) groups is 1. The van der Waals surface area contributed by atoms with Crippen molar-refractivity contribution in [2.45, 2.75) is 43.0 Å². The molecule has 1 N–H and O–H groups in total. The molecule has 4 nitrogen and oxygen atoms in total. The first-order valence-corrected chi connectivity index (χ1v) is 9.90. The van der Waals surface area contributed by atoms with Gasteiger partial charge in [0.25, 0.3) is 5.91 Å². The van der Waals surface area contributed by atoms with E-state index in [-0.39, 0.29) is 17.9 Å². The van der Waals surface area contributed by atoms with Gasteiger partial charge in [0.1, 0.15) is 5.54 Å². The number of benzene rings is 1. The van der Waals surface area contributed by atoms with Crippen molar-refractivity contribution in [3.05, 3.63) is 28.2 Å². The zero-order valence-corrected chi connectivity index (χ0v) is 15.8. The van der Waals surface area contributed by atoms with Crippen molar-refractivity contribution in [1.29, 1.82) is 0 Å². The fourth-order valence-electron chi connectivity index (χ4n) is 3.53. The summed E-state index contributed by atoms with van der Waals surface area (Å²) in [5, 5.41) is 4.21. The minimum Gasteiger partial charge on any atom is -0.323 e. The van der Waals surface area contributed by atoms with Gasteiger partial charge in [0.2, 0.25) is 0 Å². The van der Waals surface area contributed by atoms with Crippen LogP contribution >= 0.6 is 35.0 Å². The van der Waals surface area contributed by atoms with Crippen molar-refractivity contribution in [2.75, 3.05) is 12.3 Å². The van der Waals surface area contributed by atoms with Crippen LogP contribution in [0.1, 0.15) is 32.6 Å². The molecule has 3 rings (SSSR count). The van der Waals surface area contributed by atoms with Crippen LogP contribution in [0.3, 0.4) is 0 Å². The van der Waals surface area contributed by atoms with Crippen molar-refractivity contribution < 1.29 is 9.59 Å². The van der Waals surface area contributed by atoms with Crippen LogP contribution < -0.4 is 5.32 Å². The molecule has 130 valence electrons. The van der Waals surface area contributed by atoms with Gasteiger partial charge in [-0.05, 0) is 37.0 Å². The quantitative estimate of drug-likeness (QED) is 0.608.